The molecular weight excluding hydrogens is 470 g/mol. The van der Waals surface area contributed by atoms with Gasteiger partial charge < -0.3 is 15.5 Å². The number of hydrogen-bond donors (Lipinski definition) is 3. The molecule has 1 unspecified atom stereocenters. The number of carbonyl (C=O) groups is 1. The van der Waals surface area contributed by atoms with Crippen molar-refractivity contribution in [2.75, 3.05) is 6.58 Å². The van der Waals surface area contributed by atoms with Crippen molar-refractivity contribution in [3.05, 3.63) is 12.2 Å². The van der Waals surface area contributed by atoms with Crippen LogP contribution in [0.2, 0.25) is 0 Å². The molecule has 0 aliphatic rings. The maximum atomic E-state index is 12.3. The van der Waals surface area contributed by atoms with Gasteiger partial charge in [-0.1, -0.05) is 167 Å². The van der Waals surface area contributed by atoms with Crippen LogP contribution in [0, 0.1) is 0 Å². The Morgan fingerprint density at radius 2 is 1.03 bits per heavy atom. The summed E-state index contributed by atoms with van der Waals surface area (Å²) in [5.74, 6) is -0.188. The van der Waals surface area contributed by atoms with E-state index in [2.05, 4.69) is 19.2 Å². The highest BCUT2D eigenvalue weighted by Gasteiger charge is 2.17. The Morgan fingerprint density at radius 1 is 0.658 bits per heavy atom. The lowest BCUT2D eigenvalue weighted by atomic mass is 10.0. The summed E-state index contributed by atoms with van der Waals surface area (Å²) in [6, 6.07) is -0.979. The maximum absolute atomic E-state index is 12.3. The zero-order valence-electron chi connectivity index (χ0n) is 26.6. The minimum absolute atomic E-state index is 0.188. The van der Waals surface area contributed by atoms with Crippen LogP contribution in [0.5, 0.6) is 0 Å². The third-order valence-corrected chi connectivity index (χ3v) is 7.67. The molecule has 38 heavy (non-hydrogen) atoms. The summed E-state index contributed by atoms with van der Waals surface area (Å²) >= 11 is 0. The van der Waals surface area contributed by atoms with Gasteiger partial charge in [-0.2, -0.15) is 0 Å². The Bertz CT molecular complexity index is 541. The van der Waals surface area contributed by atoms with E-state index in [1.165, 1.54) is 128 Å². The predicted octanol–water partition coefficient (Wildman–Crippen LogP) is 9.56. The molecule has 4 nitrogen and oxygen atoms in total. The molecule has 0 saturated heterocycles. The van der Waals surface area contributed by atoms with Crippen LogP contribution in [0.4, 0.5) is 0 Å². The average Bonchev–Trinajstić information content (AvgIpc) is 2.92. The van der Waals surface area contributed by atoms with Gasteiger partial charge in [-0.3, -0.25) is 4.79 Å². The van der Waals surface area contributed by atoms with E-state index < -0.39 is 18.7 Å². The zero-order valence-corrected chi connectivity index (χ0v) is 25.6. The molecule has 226 valence electrons. The maximum Gasteiger partial charge on any atom is 0.220 e. The summed E-state index contributed by atoms with van der Waals surface area (Å²) < 4.78 is 7.66. The highest BCUT2D eigenvalue weighted by atomic mass is 16.3. The van der Waals surface area contributed by atoms with Gasteiger partial charge in [0.25, 0.3) is 0 Å². The van der Waals surface area contributed by atoms with Gasteiger partial charge >= 0.3 is 0 Å². The molecule has 0 aliphatic heterocycles. The monoisotopic (exact) mass is 539 g/mol. The van der Waals surface area contributed by atoms with Crippen LogP contribution in [-0.2, 0) is 4.79 Å². The first-order chi connectivity index (χ1) is 19.0. The van der Waals surface area contributed by atoms with Crippen LogP contribution in [0.25, 0.3) is 0 Å². The largest absolute Gasteiger partial charge is 0.394 e. The molecule has 0 aliphatic carbocycles. The summed E-state index contributed by atoms with van der Waals surface area (Å²) in [5, 5.41) is 22.9. The number of amides is 1. The van der Waals surface area contributed by atoms with E-state index in [4.69, 9.17) is 1.37 Å². The molecule has 0 aromatic heterocycles. The van der Waals surface area contributed by atoms with Crippen molar-refractivity contribution in [1.82, 2.24) is 5.32 Å². The molecule has 0 rings (SSSR count). The van der Waals surface area contributed by atoms with Gasteiger partial charge in [-0.15, -0.1) is 0 Å². The van der Waals surface area contributed by atoms with E-state index in [0.29, 0.717) is 6.42 Å². The number of unbranched alkanes of at least 4 members (excludes halogenated alkanes) is 23. The quantitative estimate of drug-likeness (QED) is 0.0630. The van der Waals surface area contributed by atoms with Crippen molar-refractivity contribution in [2.24, 2.45) is 0 Å². The van der Waals surface area contributed by atoms with Crippen molar-refractivity contribution in [3.63, 3.8) is 0 Å². The number of aliphatic hydroxyl groups is 2. The van der Waals surface area contributed by atoms with Gasteiger partial charge in [0.1, 0.15) is 0 Å². The highest BCUT2D eigenvalue weighted by Crippen LogP contribution is 2.14. The minimum atomic E-state index is -1.54. The number of hydrogen-bond acceptors (Lipinski definition) is 3. The van der Waals surface area contributed by atoms with E-state index >= 15 is 0 Å². The Morgan fingerprint density at radius 3 is 1.42 bits per heavy atom. The first kappa shape index (κ1) is 35.2. The Labute approximate surface area is 239 Å². The number of nitrogens with one attached hydrogen (secondary N) is 1. The fraction of sp³-hybridized carbons (Fsp3) is 0.912. The van der Waals surface area contributed by atoms with Crippen LogP contribution >= 0.6 is 0 Å². The molecule has 0 spiro atoms. The molecule has 0 heterocycles. The summed E-state index contributed by atoms with van der Waals surface area (Å²) in [6.45, 7) is 2.98. The molecule has 3 atom stereocenters. The molecule has 4 heteroatoms. The molecular formula is C34H67NO3. The Kier molecular flexibility index (Phi) is 28.4. The van der Waals surface area contributed by atoms with Gasteiger partial charge in [0.2, 0.25) is 5.91 Å². The molecule has 0 fully saturated rings. The van der Waals surface area contributed by atoms with Crippen molar-refractivity contribution in [2.45, 2.75) is 193 Å². The molecule has 0 radical (unpaired) electrons. The number of carbonyl (C=O) groups excluding carboxylic acids is 1. The summed E-state index contributed by atoms with van der Waals surface area (Å²) in [4.78, 5) is 12.3. The second kappa shape index (κ2) is 30.7. The first-order valence-electron chi connectivity index (χ1n) is 17.3. The van der Waals surface area contributed by atoms with Crippen LogP contribution < -0.4 is 5.32 Å². The van der Waals surface area contributed by atoms with Gasteiger partial charge in [0.05, 0.1) is 20.1 Å². The van der Waals surface area contributed by atoms with E-state index in [9.17, 15) is 15.0 Å². The van der Waals surface area contributed by atoms with Crippen LogP contribution in [-0.4, -0.2) is 34.8 Å². The van der Waals surface area contributed by atoms with Gasteiger partial charge in [-0.05, 0) is 19.3 Å². The highest BCUT2D eigenvalue weighted by molar-refractivity contribution is 5.76. The normalized spacial score (nSPS) is 14.5. The second-order valence-electron chi connectivity index (χ2n) is 11.5. The van der Waals surface area contributed by atoms with Crippen molar-refractivity contribution >= 4 is 5.91 Å². The molecule has 0 bridgehead atoms. The smallest absolute Gasteiger partial charge is 0.220 e. The number of allylic oxidation sites excluding steroid dienone is 1. The van der Waals surface area contributed by atoms with Gasteiger partial charge in [0, 0.05) is 6.42 Å². The summed E-state index contributed by atoms with van der Waals surface area (Å²) in [7, 11) is 0. The first-order valence-corrected chi connectivity index (χ1v) is 16.8. The summed E-state index contributed by atoms with van der Waals surface area (Å²) in [6.07, 6.45) is 34.5. The topological polar surface area (TPSA) is 69.6 Å². The van der Waals surface area contributed by atoms with Crippen molar-refractivity contribution in [3.8, 4) is 0 Å². The van der Waals surface area contributed by atoms with Crippen molar-refractivity contribution < 1.29 is 16.4 Å². The Balaban J connectivity index is 3.77. The lowest BCUT2D eigenvalue weighted by molar-refractivity contribution is -0.123. The van der Waals surface area contributed by atoms with Gasteiger partial charge in [-0.25, -0.2) is 0 Å². The average molecular weight is 539 g/mol. The number of aliphatic hydroxyl groups excluding tert-OH is 2. The SMILES string of the molecule is [2H]C(O)[C@H](NC(=O)CCCCCCCCCCCCCCC)[C@H](O)/C=C/CCCCCCCCCCCCC. The lowest BCUT2D eigenvalue weighted by Crippen LogP contribution is -2.45. The third-order valence-electron chi connectivity index (χ3n) is 7.67. The van der Waals surface area contributed by atoms with E-state index in [-0.39, 0.29) is 5.91 Å². The fourth-order valence-corrected chi connectivity index (χ4v) is 5.05. The van der Waals surface area contributed by atoms with Crippen molar-refractivity contribution in [1.29, 1.82) is 0 Å². The standard InChI is InChI=1S/C34H67NO3/c1-3-5-7-9-11-13-15-17-19-21-23-25-27-29-33(37)32(31-36)35-34(38)30-28-26-24-22-20-18-16-14-12-10-8-6-4-2/h27,29,32-33,36-37H,3-26,28,30-31H2,1-2H3,(H,35,38)/b29-27+/t32-,33+/m0/s1/i31D/t31?,32-,33+. The molecule has 0 aromatic carbocycles. The van der Waals surface area contributed by atoms with E-state index in [1.807, 2.05) is 6.08 Å². The van der Waals surface area contributed by atoms with E-state index in [1.54, 1.807) is 6.08 Å². The lowest BCUT2D eigenvalue weighted by Gasteiger charge is -2.20. The van der Waals surface area contributed by atoms with Crippen LogP contribution in [0.1, 0.15) is 182 Å². The second-order valence-corrected chi connectivity index (χ2v) is 11.5. The minimum Gasteiger partial charge on any atom is -0.394 e. The van der Waals surface area contributed by atoms with Crippen LogP contribution in [0.3, 0.4) is 0 Å². The third kappa shape index (κ3) is 26.7. The number of rotatable bonds is 30. The van der Waals surface area contributed by atoms with Crippen LogP contribution in [0.15, 0.2) is 12.2 Å². The Hall–Kier alpha value is -0.870. The molecule has 0 aromatic rings. The zero-order chi connectivity index (χ0) is 28.8. The molecule has 3 N–H and O–H groups in total. The summed E-state index contributed by atoms with van der Waals surface area (Å²) in [5.41, 5.74) is 0. The molecule has 1 amide bonds. The fourth-order valence-electron chi connectivity index (χ4n) is 5.05. The van der Waals surface area contributed by atoms with Gasteiger partial charge in [0.15, 0.2) is 0 Å². The molecule has 0 saturated carbocycles. The predicted molar refractivity (Wildman–Crippen MR) is 166 cm³/mol. The van der Waals surface area contributed by atoms with E-state index in [0.717, 1.165) is 32.1 Å².